The Morgan fingerprint density at radius 2 is 2.31 bits per heavy atom. The van der Waals surface area contributed by atoms with Crippen molar-refractivity contribution in [1.29, 1.82) is 0 Å². The van der Waals surface area contributed by atoms with E-state index in [0.717, 1.165) is 6.42 Å². The summed E-state index contributed by atoms with van der Waals surface area (Å²) in [5, 5.41) is 2.16. The monoisotopic (exact) mass is 301 g/mol. The summed E-state index contributed by atoms with van der Waals surface area (Å²) < 4.78 is 1.20. The summed E-state index contributed by atoms with van der Waals surface area (Å²) >= 11 is 5.36. The van der Waals surface area contributed by atoms with E-state index in [1.54, 1.807) is 0 Å². The Kier molecular flexibility index (Phi) is 3.77. The molecule has 1 aromatic heterocycles. The zero-order chi connectivity index (χ0) is 11.8. The molecule has 0 aliphatic heterocycles. The summed E-state index contributed by atoms with van der Waals surface area (Å²) in [7, 11) is 0. The van der Waals surface area contributed by atoms with Gasteiger partial charge >= 0.3 is 0 Å². The molecule has 0 saturated heterocycles. The van der Waals surface area contributed by atoms with Crippen molar-refractivity contribution in [2.45, 2.75) is 45.6 Å². The first kappa shape index (κ1) is 12.6. The van der Waals surface area contributed by atoms with Gasteiger partial charge in [0.1, 0.15) is 0 Å². The van der Waals surface area contributed by atoms with Gasteiger partial charge in [-0.1, -0.05) is 13.8 Å². The highest BCUT2D eigenvalue weighted by molar-refractivity contribution is 9.10. The largest absolute Gasteiger partial charge is 0.327 e. The number of rotatable bonds is 2. The van der Waals surface area contributed by atoms with Crippen molar-refractivity contribution in [3.8, 4) is 0 Å². The van der Waals surface area contributed by atoms with Gasteiger partial charge in [0, 0.05) is 20.8 Å². The fraction of sp³-hybridized carbons (Fsp3) is 0.692. The average Bonchev–Trinajstić information content (AvgIpc) is 2.58. The number of nitrogens with two attached hydrogens (primary N) is 1. The Morgan fingerprint density at radius 3 is 2.94 bits per heavy atom. The molecule has 0 amide bonds. The van der Waals surface area contributed by atoms with Gasteiger partial charge in [0.05, 0.1) is 0 Å². The van der Waals surface area contributed by atoms with E-state index in [9.17, 15) is 0 Å². The van der Waals surface area contributed by atoms with E-state index in [-0.39, 0.29) is 0 Å². The van der Waals surface area contributed by atoms with Crippen LogP contribution in [-0.4, -0.2) is 6.04 Å². The fourth-order valence-electron chi connectivity index (χ4n) is 2.70. The van der Waals surface area contributed by atoms with Crippen LogP contribution in [0.15, 0.2) is 15.9 Å². The lowest BCUT2D eigenvalue weighted by Crippen LogP contribution is -2.40. The van der Waals surface area contributed by atoms with Gasteiger partial charge < -0.3 is 5.73 Å². The first-order valence-corrected chi connectivity index (χ1v) is 7.62. The third-order valence-corrected chi connectivity index (χ3v) is 5.38. The van der Waals surface area contributed by atoms with Crippen molar-refractivity contribution in [1.82, 2.24) is 0 Å². The van der Waals surface area contributed by atoms with E-state index >= 15 is 0 Å². The van der Waals surface area contributed by atoms with Crippen molar-refractivity contribution >= 4 is 27.3 Å². The Morgan fingerprint density at radius 1 is 1.56 bits per heavy atom. The molecule has 1 aliphatic rings. The molecule has 90 valence electrons. The quantitative estimate of drug-likeness (QED) is 0.870. The average molecular weight is 302 g/mol. The fourth-order valence-corrected chi connectivity index (χ4v) is 4.24. The van der Waals surface area contributed by atoms with Crippen LogP contribution < -0.4 is 5.73 Å². The summed E-state index contributed by atoms with van der Waals surface area (Å²) in [6, 6.07) is 2.63. The molecular weight excluding hydrogens is 282 g/mol. The lowest BCUT2D eigenvalue weighted by molar-refractivity contribution is 0.157. The Hall–Kier alpha value is 0.140. The molecule has 0 bridgehead atoms. The lowest BCUT2D eigenvalue weighted by Gasteiger charge is -2.39. The molecule has 0 radical (unpaired) electrons. The normalized spacial score (nSPS) is 29.2. The van der Waals surface area contributed by atoms with Crippen LogP contribution in [0.3, 0.4) is 0 Å². The summed E-state index contributed by atoms with van der Waals surface area (Å²) in [5.74, 6) is 0.661. The van der Waals surface area contributed by atoms with Crippen LogP contribution in [0.4, 0.5) is 0 Å². The highest BCUT2D eigenvalue weighted by atomic mass is 79.9. The number of hydrogen-bond acceptors (Lipinski definition) is 2. The highest BCUT2D eigenvalue weighted by Gasteiger charge is 2.33. The van der Waals surface area contributed by atoms with Crippen LogP contribution in [0.2, 0.25) is 0 Å². The third kappa shape index (κ3) is 3.08. The van der Waals surface area contributed by atoms with E-state index in [2.05, 4.69) is 41.2 Å². The topological polar surface area (TPSA) is 26.0 Å². The van der Waals surface area contributed by atoms with E-state index < -0.39 is 0 Å². The van der Waals surface area contributed by atoms with Crippen molar-refractivity contribution in [3.63, 3.8) is 0 Å². The lowest BCUT2D eigenvalue weighted by atomic mass is 9.69. The predicted octanol–water partition coefficient (Wildman–Crippen LogP) is 4.21. The van der Waals surface area contributed by atoms with Crippen LogP contribution in [0.1, 0.15) is 38.0 Å². The first-order chi connectivity index (χ1) is 7.46. The van der Waals surface area contributed by atoms with Gasteiger partial charge in [-0.25, -0.2) is 0 Å². The number of halogens is 1. The van der Waals surface area contributed by atoms with Gasteiger partial charge in [-0.05, 0) is 59.0 Å². The van der Waals surface area contributed by atoms with Gasteiger partial charge in [-0.3, -0.25) is 0 Å². The molecule has 0 aromatic carbocycles. The molecule has 1 fully saturated rings. The SMILES string of the molecule is CC1(C)CCC(N)C(Cc2cc(Br)cs2)C1. The molecule has 2 atom stereocenters. The molecule has 1 nitrogen and oxygen atoms in total. The minimum atomic E-state index is 0.397. The maximum absolute atomic E-state index is 6.25. The molecule has 1 saturated carbocycles. The van der Waals surface area contributed by atoms with Gasteiger partial charge in [0.25, 0.3) is 0 Å². The van der Waals surface area contributed by atoms with Gasteiger partial charge in [0.15, 0.2) is 0 Å². The molecule has 1 aromatic rings. The second-order valence-corrected chi connectivity index (χ2v) is 7.68. The molecular formula is C13H20BrNS. The van der Waals surface area contributed by atoms with Gasteiger partial charge in [-0.2, -0.15) is 0 Å². The van der Waals surface area contributed by atoms with Crippen LogP contribution in [0, 0.1) is 11.3 Å². The zero-order valence-corrected chi connectivity index (χ0v) is 12.4. The summed E-state index contributed by atoms with van der Waals surface area (Å²) in [6.07, 6.45) is 4.88. The predicted molar refractivity (Wildman–Crippen MR) is 74.8 cm³/mol. The minimum Gasteiger partial charge on any atom is -0.327 e. The molecule has 1 aliphatic carbocycles. The Balaban J connectivity index is 2.02. The summed E-state index contributed by atoms with van der Waals surface area (Å²) in [4.78, 5) is 1.46. The van der Waals surface area contributed by atoms with Gasteiger partial charge in [-0.15, -0.1) is 11.3 Å². The summed E-state index contributed by atoms with van der Waals surface area (Å²) in [5.41, 5.74) is 6.73. The van der Waals surface area contributed by atoms with Crippen LogP contribution in [0.5, 0.6) is 0 Å². The Bertz CT molecular complexity index is 359. The van der Waals surface area contributed by atoms with Crippen molar-refractivity contribution in [3.05, 3.63) is 20.8 Å². The van der Waals surface area contributed by atoms with E-state index in [0.29, 0.717) is 17.4 Å². The standard InChI is InChI=1S/C13H20BrNS/c1-13(2)4-3-12(15)9(7-13)5-11-6-10(14)8-16-11/h6,8-9,12H,3-5,7,15H2,1-2H3. The number of thiophene rings is 1. The molecule has 2 N–H and O–H groups in total. The van der Waals surface area contributed by atoms with Crippen molar-refractivity contribution in [2.75, 3.05) is 0 Å². The van der Waals surface area contributed by atoms with Crippen molar-refractivity contribution in [2.24, 2.45) is 17.1 Å². The molecule has 2 rings (SSSR count). The van der Waals surface area contributed by atoms with Gasteiger partial charge in [0.2, 0.25) is 0 Å². The zero-order valence-electron chi connectivity index (χ0n) is 10.0. The second kappa shape index (κ2) is 4.79. The van der Waals surface area contributed by atoms with Crippen LogP contribution in [0.25, 0.3) is 0 Å². The molecule has 16 heavy (non-hydrogen) atoms. The van der Waals surface area contributed by atoms with E-state index in [1.165, 1.54) is 28.6 Å². The van der Waals surface area contributed by atoms with E-state index in [4.69, 9.17) is 5.73 Å². The molecule has 1 heterocycles. The third-order valence-electron chi connectivity index (χ3n) is 3.66. The van der Waals surface area contributed by atoms with Crippen molar-refractivity contribution < 1.29 is 0 Å². The van der Waals surface area contributed by atoms with E-state index in [1.807, 2.05) is 11.3 Å². The maximum atomic E-state index is 6.25. The summed E-state index contributed by atoms with van der Waals surface area (Å²) in [6.45, 7) is 4.74. The first-order valence-electron chi connectivity index (χ1n) is 5.95. The maximum Gasteiger partial charge on any atom is 0.0285 e. The Labute approximate surface area is 111 Å². The molecule has 3 heteroatoms. The van der Waals surface area contributed by atoms with Crippen LogP contribution >= 0.6 is 27.3 Å². The smallest absolute Gasteiger partial charge is 0.0285 e. The van der Waals surface area contributed by atoms with Crippen LogP contribution in [-0.2, 0) is 6.42 Å². The second-order valence-electron chi connectivity index (χ2n) is 5.77. The minimum absolute atomic E-state index is 0.397. The number of hydrogen-bond donors (Lipinski definition) is 1. The highest BCUT2D eigenvalue weighted by Crippen LogP contribution is 2.40. The molecule has 2 unspecified atom stereocenters. The molecule has 0 spiro atoms.